The maximum atomic E-state index is 13.5. The lowest BCUT2D eigenvalue weighted by molar-refractivity contribution is -0.137. The Hall–Kier alpha value is -3.57. The Bertz CT molecular complexity index is 1380. The zero-order chi connectivity index (χ0) is 26.5. The van der Waals surface area contributed by atoms with Crippen molar-refractivity contribution >= 4 is 39.4 Å². The Labute approximate surface area is 211 Å². The number of benzene rings is 3. The molecule has 0 atom stereocenters. The average molecular weight is 540 g/mol. The van der Waals surface area contributed by atoms with Crippen LogP contribution in [0.1, 0.15) is 16.7 Å². The molecule has 36 heavy (non-hydrogen) atoms. The van der Waals surface area contributed by atoms with Crippen LogP contribution in [-0.4, -0.2) is 34.2 Å². The number of nitrogens with one attached hydrogen (secondary N) is 1. The molecule has 0 aromatic heterocycles. The van der Waals surface area contributed by atoms with Crippen LogP contribution < -0.4 is 14.5 Å². The number of alkyl halides is 3. The number of carbonyl (C=O) groups excluding carboxylic acids is 1. The highest BCUT2D eigenvalue weighted by Crippen LogP contribution is 2.35. The van der Waals surface area contributed by atoms with Gasteiger partial charge in [0.2, 0.25) is 0 Å². The number of methoxy groups -OCH3 is 1. The number of halogens is 4. The molecule has 0 radical (unpaired) electrons. The van der Waals surface area contributed by atoms with Gasteiger partial charge in [0.25, 0.3) is 15.9 Å². The first-order chi connectivity index (χ1) is 16.9. The van der Waals surface area contributed by atoms with Crippen molar-refractivity contribution < 1.29 is 31.1 Å². The maximum Gasteiger partial charge on any atom is 0.416 e. The Morgan fingerprint density at radius 2 is 1.81 bits per heavy atom. The standard InChI is InChI=1S/C24H21ClF3N3O4S/c1-16-6-9-20(10-7-16)36(33,34)31(21-13-19(25)8-11-22(21)35-2)15-23(32)30-29-14-17-4-3-5-18(12-17)24(26,27)28/h3-14H,15H2,1-2H3,(H,30,32)/b29-14-. The average Bonchev–Trinajstić information content (AvgIpc) is 2.82. The fourth-order valence-electron chi connectivity index (χ4n) is 3.14. The van der Waals surface area contributed by atoms with E-state index < -0.39 is 34.2 Å². The molecular weight excluding hydrogens is 519 g/mol. The van der Waals surface area contributed by atoms with Crippen LogP contribution in [0, 0.1) is 6.92 Å². The molecule has 0 heterocycles. The molecule has 1 amide bonds. The molecule has 0 saturated heterocycles. The number of nitrogens with zero attached hydrogens (tertiary/aromatic N) is 2. The number of hydrogen-bond acceptors (Lipinski definition) is 5. The van der Waals surface area contributed by atoms with E-state index in [1.807, 2.05) is 0 Å². The Kier molecular flexibility index (Phi) is 8.26. The zero-order valence-corrected chi connectivity index (χ0v) is 20.7. The third-order valence-corrected chi connectivity index (χ3v) is 6.93. The first kappa shape index (κ1) is 27.0. The van der Waals surface area contributed by atoms with Gasteiger partial charge in [-0.05, 0) is 55.0 Å². The van der Waals surface area contributed by atoms with Gasteiger partial charge in [-0.2, -0.15) is 18.3 Å². The SMILES string of the molecule is COc1ccc(Cl)cc1N(CC(=O)N/N=C\c1cccc(C(F)(F)F)c1)S(=O)(=O)c1ccc(C)cc1. The fourth-order valence-corrected chi connectivity index (χ4v) is 4.72. The molecule has 3 aromatic carbocycles. The molecule has 0 unspecified atom stereocenters. The minimum atomic E-state index is -4.53. The van der Waals surface area contributed by atoms with Crippen LogP contribution in [0.15, 0.2) is 76.7 Å². The van der Waals surface area contributed by atoms with Gasteiger partial charge in [-0.1, -0.05) is 41.4 Å². The molecule has 0 spiro atoms. The second-order valence-electron chi connectivity index (χ2n) is 7.56. The van der Waals surface area contributed by atoms with Crippen LogP contribution in [0.25, 0.3) is 0 Å². The number of hydrogen-bond donors (Lipinski definition) is 1. The Morgan fingerprint density at radius 1 is 1.11 bits per heavy atom. The van der Waals surface area contributed by atoms with E-state index in [0.29, 0.717) is 0 Å². The van der Waals surface area contributed by atoms with Crippen molar-refractivity contribution in [2.24, 2.45) is 5.10 Å². The third-order valence-electron chi connectivity index (χ3n) is 4.92. The summed E-state index contributed by atoms with van der Waals surface area (Å²) >= 11 is 6.09. The minimum Gasteiger partial charge on any atom is -0.495 e. The van der Waals surface area contributed by atoms with Crippen LogP contribution in [0.2, 0.25) is 5.02 Å². The molecule has 12 heteroatoms. The van der Waals surface area contributed by atoms with Crippen LogP contribution in [0.4, 0.5) is 18.9 Å². The van der Waals surface area contributed by atoms with Gasteiger partial charge in [-0.25, -0.2) is 13.8 Å². The van der Waals surface area contributed by atoms with Crippen molar-refractivity contribution in [2.45, 2.75) is 18.0 Å². The molecule has 0 bridgehead atoms. The quantitative estimate of drug-likeness (QED) is 0.321. The lowest BCUT2D eigenvalue weighted by Gasteiger charge is -2.25. The largest absolute Gasteiger partial charge is 0.495 e. The van der Waals surface area contributed by atoms with Crippen molar-refractivity contribution in [2.75, 3.05) is 18.0 Å². The van der Waals surface area contributed by atoms with Gasteiger partial charge in [0.05, 0.1) is 29.5 Å². The number of hydrazone groups is 1. The van der Waals surface area contributed by atoms with Crippen molar-refractivity contribution in [1.29, 1.82) is 0 Å². The molecule has 0 aliphatic carbocycles. The van der Waals surface area contributed by atoms with Gasteiger partial charge >= 0.3 is 6.18 Å². The molecule has 0 aliphatic heterocycles. The summed E-state index contributed by atoms with van der Waals surface area (Å²) in [5.74, 6) is -0.703. The van der Waals surface area contributed by atoms with Gasteiger partial charge < -0.3 is 4.74 Å². The number of ether oxygens (including phenoxy) is 1. The number of anilines is 1. The number of carbonyl (C=O) groups is 1. The van der Waals surface area contributed by atoms with E-state index >= 15 is 0 Å². The molecule has 0 aliphatic rings. The van der Waals surface area contributed by atoms with Crippen molar-refractivity contribution in [3.05, 3.63) is 88.4 Å². The number of aryl methyl sites for hydroxylation is 1. The maximum absolute atomic E-state index is 13.5. The Balaban J connectivity index is 1.90. The topological polar surface area (TPSA) is 88.1 Å². The van der Waals surface area contributed by atoms with Gasteiger partial charge in [-0.3, -0.25) is 9.10 Å². The first-order valence-corrected chi connectivity index (χ1v) is 12.2. The molecule has 0 saturated carbocycles. The number of rotatable bonds is 8. The van der Waals surface area contributed by atoms with Crippen molar-refractivity contribution in [3.8, 4) is 5.75 Å². The summed E-state index contributed by atoms with van der Waals surface area (Å²) in [7, 11) is -2.92. The lowest BCUT2D eigenvalue weighted by Crippen LogP contribution is -2.39. The molecule has 0 fully saturated rings. The van der Waals surface area contributed by atoms with E-state index in [1.54, 1.807) is 19.1 Å². The molecule has 3 rings (SSSR count). The smallest absolute Gasteiger partial charge is 0.416 e. The summed E-state index contributed by atoms with van der Waals surface area (Å²) in [4.78, 5) is 12.6. The molecule has 7 nitrogen and oxygen atoms in total. The highest BCUT2D eigenvalue weighted by molar-refractivity contribution is 7.92. The third kappa shape index (κ3) is 6.55. The molecule has 3 aromatic rings. The van der Waals surface area contributed by atoms with Crippen molar-refractivity contribution in [3.63, 3.8) is 0 Å². The van der Waals surface area contributed by atoms with Crippen molar-refractivity contribution in [1.82, 2.24) is 5.43 Å². The Morgan fingerprint density at radius 3 is 2.44 bits per heavy atom. The normalized spacial score (nSPS) is 11.9. The highest BCUT2D eigenvalue weighted by atomic mass is 35.5. The summed E-state index contributed by atoms with van der Waals surface area (Å²) in [6.45, 7) is 1.08. The number of sulfonamides is 1. The predicted octanol–water partition coefficient (Wildman–Crippen LogP) is 5.02. The van der Waals surface area contributed by atoms with Gasteiger partial charge in [0.1, 0.15) is 12.3 Å². The van der Waals surface area contributed by atoms with E-state index in [-0.39, 0.29) is 26.9 Å². The molecule has 1 N–H and O–H groups in total. The molecular formula is C24H21ClF3N3O4S. The van der Waals surface area contributed by atoms with E-state index in [2.05, 4.69) is 10.5 Å². The summed E-state index contributed by atoms with van der Waals surface area (Å²) in [6.07, 6.45) is -3.51. The van der Waals surface area contributed by atoms with Gasteiger partial charge in [0, 0.05) is 5.02 Å². The van der Waals surface area contributed by atoms with Gasteiger partial charge in [0.15, 0.2) is 0 Å². The van der Waals surface area contributed by atoms with Crippen LogP contribution in [-0.2, 0) is 21.0 Å². The van der Waals surface area contributed by atoms with E-state index in [0.717, 1.165) is 28.2 Å². The fraction of sp³-hybridized carbons (Fsp3) is 0.167. The monoisotopic (exact) mass is 539 g/mol. The van der Waals surface area contributed by atoms with E-state index in [1.165, 1.54) is 49.6 Å². The van der Waals surface area contributed by atoms with Gasteiger partial charge in [-0.15, -0.1) is 0 Å². The summed E-state index contributed by atoms with van der Waals surface area (Å²) < 4.78 is 71.7. The summed E-state index contributed by atoms with van der Waals surface area (Å²) in [5.41, 5.74) is 2.21. The lowest BCUT2D eigenvalue weighted by atomic mass is 10.1. The van der Waals surface area contributed by atoms with E-state index in [4.69, 9.17) is 16.3 Å². The zero-order valence-electron chi connectivity index (χ0n) is 19.1. The predicted molar refractivity (Wildman–Crippen MR) is 131 cm³/mol. The van der Waals surface area contributed by atoms with E-state index in [9.17, 15) is 26.4 Å². The summed E-state index contributed by atoms with van der Waals surface area (Å²) in [5, 5.41) is 3.87. The number of amides is 1. The van der Waals surface area contributed by atoms with Crippen LogP contribution in [0.5, 0.6) is 5.75 Å². The molecule has 190 valence electrons. The van der Waals surface area contributed by atoms with Crippen LogP contribution >= 0.6 is 11.6 Å². The first-order valence-electron chi connectivity index (χ1n) is 10.3. The highest BCUT2D eigenvalue weighted by Gasteiger charge is 2.31. The second-order valence-corrected chi connectivity index (χ2v) is 9.86. The van der Waals surface area contributed by atoms with Crippen LogP contribution in [0.3, 0.4) is 0 Å². The summed E-state index contributed by atoms with van der Waals surface area (Å²) in [6, 6.07) is 14.7. The minimum absolute atomic E-state index is 0.0163. The second kappa shape index (κ2) is 11.0.